The summed E-state index contributed by atoms with van der Waals surface area (Å²) in [7, 11) is 0. The van der Waals surface area contributed by atoms with Gasteiger partial charge in [-0.15, -0.1) is 24.0 Å². The number of carbonyl (C=O) groups is 1. The first kappa shape index (κ1) is 28.3. The summed E-state index contributed by atoms with van der Waals surface area (Å²) >= 11 is 0. The van der Waals surface area contributed by atoms with Gasteiger partial charge in [0.2, 0.25) is 0 Å². The summed E-state index contributed by atoms with van der Waals surface area (Å²) in [6.45, 7) is 11.1. The summed E-state index contributed by atoms with van der Waals surface area (Å²) in [6, 6.07) is -0.322. The minimum absolute atomic E-state index is 0. The Morgan fingerprint density at radius 2 is 2.03 bits per heavy atom. The van der Waals surface area contributed by atoms with Crippen molar-refractivity contribution in [2.24, 2.45) is 4.99 Å². The van der Waals surface area contributed by atoms with E-state index in [1.54, 1.807) is 4.90 Å². The van der Waals surface area contributed by atoms with Crippen LogP contribution in [0.1, 0.15) is 60.8 Å². The van der Waals surface area contributed by atoms with Gasteiger partial charge < -0.3 is 20.1 Å². The van der Waals surface area contributed by atoms with Gasteiger partial charge in [0.1, 0.15) is 23.7 Å². The summed E-state index contributed by atoms with van der Waals surface area (Å²) in [4.78, 5) is 22.7. The van der Waals surface area contributed by atoms with Gasteiger partial charge >= 0.3 is 12.6 Å². The van der Waals surface area contributed by atoms with Crippen molar-refractivity contribution in [1.82, 2.24) is 25.1 Å². The lowest BCUT2D eigenvalue weighted by molar-refractivity contribution is -0.0755. The molecule has 2 unspecified atom stereocenters. The number of ether oxygens (including phenoxy) is 2. The van der Waals surface area contributed by atoms with E-state index in [1.165, 1.54) is 12.4 Å². The summed E-state index contributed by atoms with van der Waals surface area (Å²) in [6.07, 6.45) is 1.81. The standard InChI is InChI=1S/C20H34F2N6O3.HI/c1-8-23-17(26-12-15-24-9-10-27(15)16(21)22)25-11-14-13(2)30-20(6,7)28(14)18(29)31-19(3,4)5;/h9-10,13-14,16H,8,11-12H2,1-7H3,(H2,23,25,26);1H. The Hall–Kier alpha value is -1.70. The molecule has 2 rings (SSSR count). The number of carbonyl (C=O) groups excluding carboxylic acids is 1. The van der Waals surface area contributed by atoms with E-state index in [9.17, 15) is 13.6 Å². The van der Waals surface area contributed by atoms with Gasteiger partial charge in [0, 0.05) is 25.5 Å². The normalized spacial score (nSPS) is 20.8. The molecule has 1 aromatic heterocycles. The number of halogens is 3. The van der Waals surface area contributed by atoms with Crippen LogP contribution >= 0.6 is 24.0 Å². The molecule has 2 heterocycles. The monoisotopic (exact) mass is 572 g/mol. The van der Waals surface area contributed by atoms with E-state index in [0.717, 1.165) is 4.57 Å². The molecule has 1 fully saturated rings. The predicted molar refractivity (Wildman–Crippen MR) is 128 cm³/mol. The number of hydrogen-bond donors (Lipinski definition) is 2. The van der Waals surface area contributed by atoms with Crippen molar-refractivity contribution in [1.29, 1.82) is 0 Å². The maximum Gasteiger partial charge on any atom is 0.412 e. The average Bonchev–Trinajstić information content (AvgIpc) is 3.17. The molecule has 1 aliphatic rings. The highest BCUT2D eigenvalue weighted by Gasteiger charge is 2.49. The van der Waals surface area contributed by atoms with E-state index < -0.39 is 24.0 Å². The van der Waals surface area contributed by atoms with Crippen molar-refractivity contribution in [3.63, 3.8) is 0 Å². The zero-order valence-electron chi connectivity index (χ0n) is 19.7. The van der Waals surface area contributed by atoms with Crippen molar-refractivity contribution in [2.45, 2.75) is 85.0 Å². The van der Waals surface area contributed by atoms with Crippen molar-refractivity contribution in [3.8, 4) is 0 Å². The molecule has 1 aliphatic heterocycles. The summed E-state index contributed by atoms with van der Waals surface area (Å²) < 4.78 is 38.4. The first-order chi connectivity index (χ1) is 14.4. The Bertz CT molecular complexity index is 782. The number of nitrogens with zero attached hydrogens (tertiary/aromatic N) is 4. The van der Waals surface area contributed by atoms with Gasteiger partial charge in [0.05, 0.1) is 12.1 Å². The molecule has 0 aromatic carbocycles. The van der Waals surface area contributed by atoms with Crippen molar-refractivity contribution >= 4 is 36.0 Å². The number of rotatable bonds is 6. The number of aromatic nitrogens is 2. The van der Waals surface area contributed by atoms with Crippen molar-refractivity contribution in [3.05, 3.63) is 18.2 Å². The van der Waals surface area contributed by atoms with E-state index in [-0.39, 0.29) is 48.5 Å². The van der Waals surface area contributed by atoms with E-state index >= 15 is 0 Å². The quantitative estimate of drug-likeness (QED) is 0.307. The Balaban J connectivity index is 0.00000512. The molecular formula is C20H35F2IN6O3. The van der Waals surface area contributed by atoms with E-state index in [4.69, 9.17) is 9.47 Å². The van der Waals surface area contributed by atoms with Crippen LogP contribution in [-0.4, -0.2) is 63.1 Å². The van der Waals surface area contributed by atoms with Crippen LogP contribution in [0.5, 0.6) is 0 Å². The Labute approximate surface area is 205 Å². The van der Waals surface area contributed by atoms with Crippen LogP contribution in [0.4, 0.5) is 13.6 Å². The lowest BCUT2D eigenvalue weighted by Crippen LogP contribution is -2.54. The third-order valence-electron chi connectivity index (χ3n) is 4.68. The zero-order valence-corrected chi connectivity index (χ0v) is 22.0. The van der Waals surface area contributed by atoms with Gasteiger partial charge in [-0.1, -0.05) is 0 Å². The second-order valence-electron chi connectivity index (χ2n) is 8.79. The van der Waals surface area contributed by atoms with Crippen molar-refractivity contribution in [2.75, 3.05) is 13.1 Å². The summed E-state index contributed by atoms with van der Waals surface area (Å²) in [5, 5.41) is 6.25. The van der Waals surface area contributed by atoms with Crippen LogP contribution in [-0.2, 0) is 16.0 Å². The minimum Gasteiger partial charge on any atom is -0.444 e. The van der Waals surface area contributed by atoms with Gasteiger partial charge in [-0.05, 0) is 48.5 Å². The van der Waals surface area contributed by atoms with Crippen LogP contribution in [0.2, 0.25) is 0 Å². The number of imidazole rings is 1. The molecule has 0 aliphatic carbocycles. The zero-order chi connectivity index (χ0) is 23.4. The molecule has 1 amide bonds. The molecule has 2 atom stereocenters. The summed E-state index contributed by atoms with van der Waals surface area (Å²) in [5.41, 5.74) is -1.48. The smallest absolute Gasteiger partial charge is 0.412 e. The fourth-order valence-electron chi connectivity index (χ4n) is 3.46. The van der Waals surface area contributed by atoms with E-state index in [0.29, 0.717) is 19.0 Å². The molecule has 1 aromatic rings. The fraction of sp³-hybridized carbons (Fsp3) is 0.750. The van der Waals surface area contributed by atoms with Gasteiger partial charge in [0.15, 0.2) is 5.96 Å². The molecule has 0 bridgehead atoms. The molecule has 32 heavy (non-hydrogen) atoms. The molecule has 184 valence electrons. The third-order valence-corrected chi connectivity index (χ3v) is 4.68. The first-order valence-corrected chi connectivity index (χ1v) is 10.4. The number of guanidine groups is 1. The Morgan fingerprint density at radius 1 is 1.38 bits per heavy atom. The Kier molecular flexibility index (Phi) is 10.1. The molecule has 1 saturated heterocycles. The summed E-state index contributed by atoms with van der Waals surface area (Å²) in [5.74, 6) is 0.577. The lowest BCUT2D eigenvalue weighted by Gasteiger charge is -2.35. The molecule has 0 radical (unpaired) electrons. The highest BCUT2D eigenvalue weighted by molar-refractivity contribution is 14.0. The molecular weight excluding hydrogens is 537 g/mol. The van der Waals surface area contributed by atoms with E-state index in [2.05, 4.69) is 20.6 Å². The fourth-order valence-corrected chi connectivity index (χ4v) is 3.46. The largest absolute Gasteiger partial charge is 0.444 e. The maximum atomic E-state index is 13.0. The first-order valence-electron chi connectivity index (χ1n) is 10.4. The number of hydrogen-bond acceptors (Lipinski definition) is 5. The van der Waals surface area contributed by atoms with Crippen molar-refractivity contribution < 1.29 is 23.0 Å². The van der Waals surface area contributed by atoms with Crippen LogP contribution in [0.3, 0.4) is 0 Å². The molecule has 12 heteroatoms. The molecule has 0 saturated carbocycles. The lowest BCUT2D eigenvalue weighted by atomic mass is 10.1. The van der Waals surface area contributed by atoms with Crippen LogP contribution in [0.15, 0.2) is 17.4 Å². The third kappa shape index (κ3) is 7.42. The number of amides is 1. The van der Waals surface area contributed by atoms with Gasteiger partial charge in [-0.2, -0.15) is 8.78 Å². The van der Waals surface area contributed by atoms with Gasteiger partial charge in [-0.25, -0.2) is 14.8 Å². The topological polar surface area (TPSA) is 93.0 Å². The SMILES string of the molecule is CCNC(=NCc1nccn1C(F)F)NCC1C(C)OC(C)(C)N1C(=O)OC(C)(C)C.I. The number of nitrogens with one attached hydrogen (secondary N) is 2. The average molecular weight is 572 g/mol. The van der Waals surface area contributed by atoms with E-state index in [1.807, 2.05) is 48.5 Å². The number of aliphatic imine (C=N–C) groups is 1. The second kappa shape index (κ2) is 11.4. The highest BCUT2D eigenvalue weighted by Crippen LogP contribution is 2.33. The van der Waals surface area contributed by atoms with Gasteiger partial charge in [0.25, 0.3) is 0 Å². The van der Waals surface area contributed by atoms with Crippen LogP contribution < -0.4 is 10.6 Å². The number of alkyl halides is 2. The van der Waals surface area contributed by atoms with Crippen LogP contribution in [0.25, 0.3) is 0 Å². The molecule has 2 N–H and O–H groups in total. The molecule has 9 nitrogen and oxygen atoms in total. The highest BCUT2D eigenvalue weighted by atomic mass is 127. The Morgan fingerprint density at radius 3 is 2.59 bits per heavy atom. The minimum atomic E-state index is -2.68. The predicted octanol–water partition coefficient (Wildman–Crippen LogP) is 3.71. The van der Waals surface area contributed by atoms with Gasteiger partial charge in [-0.3, -0.25) is 9.47 Å². The molecule has 0 spiro atoms. The maximum absolute atomic E-state index is 13.0. The van der Waals surface area contributed by atoms with Crippen LogP contribution in [0, 0.1) is 0 Å². The second-order valence-corrected chi connectivity index (χ2v) is 8.79.